The fourth-order valence-electron chi connectivity index (χ4n) is 2.63. The van der Waals surface area contributed by atoms with Gasteiger partial charge in [-0.15, -0.1) is 0 Å². The summed E-state index contributed by atoms with van der Waals surface area (Å²) in [6.45, 7) is 4.08. The van der Waals surface area contributed by atoms with Gasteiger partial charge in [-0.05, 0) is 49.2 Å². The van der Waals surface area contributed by atoms with Crippen molar-refractivity contribution < 1.29 is 9.18 Å². The van der Waals surface area contributed by atoms with Crippen LogP contribution in [-0.2, 0) is 6.54 Å². The molecular weight excluding hydrogens is 385 g/mol. The summed E-state index contributed by atoms with van der Waals surface area (Å²) in [6, 6.07) is 12.2. The molecule has 1 N–H and O–H groups in total. The van der Waals surface area contributed by atoms with E-state index in [2.05, 4.69) is 26.3 Å². The number of carbonyl (C=O) groups is 1. The maximum Gasteiger partial charge on any atom is 0.255 e. The minimum Gasteiger partial charge on any atom is -0.348 e. The second kappa shape index (κ2) is 7.19. The van der Waals surface area contributed by atoms with Crippen molar-refractivity contribution in [3.8, 4) is 5.69 Å². The Kier molecular flexibility index (Phi) is 4.99. The van der Waals surface area contributed by atoms with E-state index in [4.69, 9.17) is 0 Å². The highest BCUT2D eigenvalue weighted by Crippen LogP contribution is 2.19. The van der Waals surface area contributed by atoms with Gasteiger partial charge in [-0.25, -0.2) is 9.07 Å². The first-order chi connectivity index (χ1) is 12.0. The molecule has 4 nitrogen and oxygen atoms in total. The molecule has 1 amide bonds. The summed E-state index contributed by atoms with van der Waals surface area (Å²) in [7, 11) is 0. The van der Waals surface area contributed by atoms with Crippen molar-refractivity contribution in [2.75, 3.05) is 0 Å². The molecule has 128 valence electrons. The van der Waals surface area contributed by atoms with Crippen LogP contribution in [0.25, 0.3) is 5.69 Å². The molecule has 3 aromatic rings. The number of amides is 1. The zero-order chi connectivity index (χ0) is 18.0. The van der Waals surface area contributed by atoms with Crippen LogP contribution in [0.2, 0.25) is 0 Å². The molecule has 2 aromatic carbocycles. The van der Waals surface area contributed by atoms with Gasteiger partial charge in [0.25, 0.3) is 5.91 Å². The lowest BCUT2D eigenvalue weighted by molar-refractivity contribution is 0.0950. The van der Waals surface area contributed by atoms with E-state index in [0.29, 0.717) is 11.1 Å². The summed E-state index contributed by atoms with van der Waals surface area (Å²) in [6.07, 6.45) is 1.55. The summed E-state index contributed by atoms with van der Waals surface area (Å²) in [5.41, 5.74) is 3.94. The van der Waals surface area contributed by atoms with Crippen LogP contribution < -0.4 is 5.32 Å². The smallest absolute Gasteiger partial charge is 0.255 e. The van der Waals surface area contributed by atoms with Gasteiger partial charge in [0.15, 0.2) is 0 Å². The molecule has 0 radical (unpaired) electrons. The van der Waals surface area contributed by atoms with Crippen LogP contribution in [-0.4, -0.2) is 15.7 Å². The van der Waals surface area contributed by atoms with Crippen molar-refractivity contribution >= 4 is 21.8 Å². The molecule has 0 bridgehead atoms. The van der Waals surface area contributed by atoms with Gasteiger partial charge in [-0.3, -0.25) is 4.79 Å². The first-order valence-electron chi connectivity index (χ1n) is 7.80. The Morgan fingerprint density at radius 1 is 1.24 bits per heavy atom. The molecule has 0 saturated carbocycles. The number of hydrogen-bond donors (Lipinski definition) is 1. The Morgan fingerprint density at radius 2 is 2.00 bits per heavy atom. The maximum atomic E-state index is 13.3. The monoisotopic (exact) mass is 401 g/mol. The van der Waals surface area contributed by atoms with Crippen molar-refractivity contribution in [3.05, 3.63) is 81.3 Å². The molecule has 0 atom stereocenters. The minimum atomic E-state index is -0.337. The van der Waals surface area contributed by atoms with Crippen LogP contribution in [0.4, 0.5) is 4.39 Å². The zero-order valence-corrected chi connectivity index (χ0v) is 15.5. The van der Waals surface area contributed by atoms with Crippen molar-refractivity contribution in [1.29, 1.82) is 0 Å². The number of nitrogens with zero attached hydrogens (tertiary/aromatic N) is 2. The predicted octanol–water partition coefficient (Wildman–Crippen LogP) is 4.32. The second-order valence-corrected chi connectivity index (χ2v) is 6.61. The van der Waals surface area contributed by atoms with E-state index in [1.807, 2.05) is 38.1 Å². The summed E-state index contributed by atoms with van der Waals surface area (Å²) in [5.74, 6) is -0.579. The van der Waals surface area contributed by atoms with Crippen molar-refractivity contribution in [3.63, 3.8) is 0 Å². The number of hydrogen-bond acceptors (Lipinski definition) is 2. The topological polar surface area (TPSA) is 46.9 Å². The molecule has 0 aliphatic carbocycles. The Morgan fingerprint density at radius 3 is 2.76 bits per heavy atom. The number of para-hydroxylation sites is 1. The fourth-order valence-corrected chi connectivity index (χ4v) is 3.01. The summed E-state index contributed by atoms with van der Waals surface area (Å²) >= 11 is 3.36. The molecule has 1 aromatic heterocycles. The third kappa shape index (κ3) is 3.64. The van der Waals surface area contributed by atoms with E-state index in [0.717, 1.165) is 21.4 Å². The molecule has 25 heavy (non-hydrogen) atoms. The third-order valence-corrected chi connectivity index (χ3v) is 4.82. The van der Waals surface area contributed by atoms with Crippen molar-refractivity contribution in [2.45, 2.75) is 20.4 Å². The number of benzene rings is 2. The van der Waals surface area contributed by atoms with Crippen LogP contribution in [0.1, 0.15) is 27.2 Å². The third-order valence-electron chi connectivity index (χ3n) is 4.05. The molecule has 0 aliphatic rings. The average Bonchev–Trinajstić information content (AvgIpc) is 2.97. The van der Waals surface area contributed by atoms with Gasteiger partial charge in [-0.1, -0.05) is 34.1 Å². The van der Waals surface area contributed by atoms with E-state index in [-0.39, 0.29) is 18.3 Å². The summed E-state index contributed by atoms with van der Waals surface area (Å²) in [5, 5.41) is 7.16. The number of carbonyl (C=O) groups excluding carboxylic acids is 1. The number of rotatable bonds is 4. The quantitative estimate of drug-likeness (QED) is 0.707. The molecule has 0 aliphatic heterocycles. The van der Waals surface area contributed by atoms with E-state index >= 15 is 0 Å². The fraction of sp³-hybridized carbons (Fsp3) is 0.158. The highest BCUT2D eigenvalue weighted by molar-refractivity contribution is 9.10. The summed E-state index contributed by atoms with van der Waals surface area (Å²) < 4.78 is 15.8. The number of halogens is 2. The van der Waals surface area contributed by atoms with Gasteiger partial charge in [0.2, 0.25) is 0 Å². The van der Waals surface area contributed by atoms with E-state index < -0.39 is 0 Å². The highest BCUT2D eigenvalue weighted by Gasteiger charge is 2.16. The molecule has 0 saturated heterocycles. The normalized spacial score (nSPS) is 10.7. The first kappa shape index (κ1) is 17.4. The van der Waals surface area contributed by atoms with Gasteiger partial charge in [-0.2, -0.15) is 5.10 Å². The van der Waals surface area contributed by atoms with Crippen LogP contribution in [0.3, 0.4) is 0 Å². The van der Waals surface area contributed by atoms with Crippen molar-refractivity contribution in [1.82, 2.24) is 15.1 Å². The molecule has 3 rings (SSSR count). The lowest BCUT2D eigenvalue weighted by atomic mass is 10.2. The Labute approximate surface area is 153 Å². The standard InChI is InChI=1S/C19H17BrFN3O/c1-12-5-3-4-6-18(12)24-13(2)16(11-23-24)19(25)22-10-14-9-15(21)7-8-17(14)20/h3-9,11H,10H2,1-2H3,(H,22,25). The number of nitrogens with one attached hydrogen (secondary N) is 1. The summed E-state index contributed by atoms with van der Waals surface area (Å²) in [4.78, 5) is 12.5. The van der Waals surface area contributed by atoms with Gasteiger partial charge in [0.05, 0.1) is 23.1 Å². The highest BCUT2D eigenvalue weighted by atomic mass is 79.9. The largest absolute Gasteiger partial charge is 0.348 e. The van der Waals surface area contributed by atoms with Gasteiger partial charge in [0, 0.05) is 11.0 Å². The Balaban J connectivity index is 1.80. The zero-order valence-electron chi connectivity index (χ0n) is 13.9. The van der Waals surface area contributed by atoms with Crippen LogP contribution in [0.15, 0.2) is 53.1 Å². The molecule has 0 unspecified atom stereocenters. The van der Waals surface area contributed by atoms with E-state index in [1.54, 1.807) is 16.9 Å². The van der Waals surface area contributed by atoms with Crippen LogP contribution >= 0.6 is 15.9 Å². The van der Waals surface area contributed by atoms with Crippen molar-refractivity contribution in [2.24, 2.45) is 0 Å². The van der Waals surface area contributed by atoms with Gasteiger partial charge in [0.1, 0.15) is 5.82 Å². The molecule has 0 fully saturated rings. The molecule has 1 heterocycles. The maximum absolute atomic E-state index is 13.3. The first-order valence-corrected chi connectivity index (χ1v) is 8.59. The van der Waals surface area contributed by atoms with Crippen LogP contribution in [0.5, 0.6) is 0 Å². The SMILES string of the molecule is Cc1ccccc1-n1ncc(C(=O)NCc2cc(F)ccc2Br)c1C. The average molecular weight is 402 g/mol. The van der Waals surface area contributed by atoms with E-state index in [1.165, 1.54) is 12.1 Å². The Hall–Kier alpha value is -2.47. The lowest BCUT2D eigenvalue weighted by Crippen LogP contribution is -2.23. The van der Waals surface area contributed by atoms with Gasteiger partial charge < -0.3 is 5.32 Å². The minimum absolute atomic E-state index is 0.228. The Bertz CT molecular complexity index is 936. The van der Waals surface area contributed by atoms with Gasteiger partial charge >= 0.3 is 0 Å². The lowest BCUT2D eigenvalue weighted by Gasteiger charge is -2.09. The van der Waals surface area contributed by atoms with E-state index in [9.17, 15) is 9.18 Å². The number of aryl methyl sites for hydroxylation is 1. The second-order valence-electron chi connectivity index (χ2n) is 5.76. The van der Waals surface area contributed by atoms with Crippen LogP contribution in [0, 0.1) is 19.7 Å². The molecule has 0 spiro atoms. The number of aromatic nitrogens is 2. The molecular formula is C19H17BrFN3O. The predicted molar refractivity (Wildman–Crippen MR) is 98.3 cm³/mol. The molecule has 6 heteroatoms.